The minimum Gasteiger partial charge on any atom is -0.493 e. The summed E-state index contributed by atoms with van der Waals surface area (Å²) in [6.07, 6.45) is -1.77. The fraction of sp³-hybridized carbons (Fsp3) is 0.545. The van der Waals surface area contributed by atoms with Gasteiger partial charge in [0.2, 0.25) is 0 Å². The van der Waals surface area contributed by atoms with Gasteiger partial charge in [-0.2, -0.15) is 18.3 Å². The number of hydrogen-bond donors (Lipinski definition) is 1. The highest BCUT2D eigenvalue weighted by atomic mass is 19.4. The number of methoxy groups -OCH3 is 2. The number of alkyl halides is 3. The van der Waals surface area contributed by atoms with Crippen molar-refractivity contribution in [2.24, 2.45) is 5.92 Å². The monoisotopic (exact) mass is 452 g/mol. The van der Waals surface area contributed by atoms with E-state index in [1.165, 1.54) is 20.4 Å². The first-order valence-corrected chi connectivity index (χ1v) is 10.6. The zero-order chi connectivity index (χ0) is 23.0. The fourth-order valence-electron chi connectivity index (χ4n) is 4.39. The number of likely N-dealkylation sites (tertiary alicyclic amines) is 1. The Morgan fingerprint density at radius 2 is 1.84 bits per heavy atom. The number of carbonyl (C=O) groups is 1. The van der Waals surface area contributed by atoms with Crippen molar-refractivity contribution in [2.75, 3.05) is 32.6 Å². The highest BCUT2D eigenvalue weighted by molar-refractivity contribution is 5.99. The van der Waals surface area contributed by atoms with E-state index in [9.17, 15) is 18.0 Å². The van der Waals surface area contributed by atoms with Crippen LogP contribution < -0.4 is 14.8 Å². The lowest BCUT2D eigenvalue weighted by Gasteiger charge is -2.35. The van der Waals surface area contributed by atoms with E-state index in [1.54, 1.807) is 23.1 Å². The van der Waals surface area contributed by atoms with Gasteiger partial charge >= 0.3 is 6.18 Å². The molecule has 1 amide bonds. The second kappa shape index (κ2) is 8.55. The van der Waals surface area contributed by atoms with E-state index < -0.39 is 18.3 Å². The van der Waals surface area contributed by atoms with Gasteiger partial charge in [-0.25, -0.2) is 4.68 Å². The maximum Gasteiger partial charge on any atom is 0.410 e. The van der Waals surface area contributed by atoms with Crippen molar-refractivity contribution in [3.05, 3.63) is 35.5 Å². The van der Waals surface area contributed by atoms with E-state index in [2.05, 4.69) is 17.3 Å². The van der Waals surface area contributed by atoms with Crippen LogP contribution in [0, 0.1) is 5.92 Å². The van der Waals surface area contributed by atoms with E-state index >= 15 is 0 Å². The number of rotatable bonds is 4. The quantitative estimate of drug-likeness (QED) is 0.743. The van der Waals surface area contributed by atoms with Crippen molar-refractivity contribution in [1.29, 1.82) is 0 Å². The molecule has 0 spiro atoms. The molecule has 2 aliphatic heterocycles. The summed E-state index contributed by atoms with van der Waals surface area (Å²) < 4.78 is 53.3. The molecule has 1 fully saturated rings. The normalized spacial score (nSPS) is 21.6. The molecule has 1 N–H and O–H groups in total. The van der Waals surface area contributed by atoms with Crippen LogP contribution >= 0.6 is 0 Å². The van der Waals surface area contributed by atoms with Crippen molar-refractivity contribution in [3.8, 4) is 11.5 Å². The van der Waals surface area contributed by atoms with Crippen LogP contribution in [0.2, 0.25) is 0 Å². The summed E-state index contributed by atoms with van der Waals surface area (Å²) in [6.45, 7) is 3.31. The number of benzene rings is 1. The third-order valence-electron chi connectivity index (χ3n) is 6.35. The summed E-state index contributed by atoms with van der Waals surface area (Å²) in [6, 6.07) is 2.49. The molecule has 2 atom stereocenters. The average molecular weight is 452 g/mol. The number of nitrogens with one attached hydrogen (secondary N) is 1. The maximum absolute atomic E-state index is 14.0. The molecule has 1 aromatic carbocycles. The van der Waals surface area contributed by atoms with E-state index in [-0.39, 0.29) is 23.7 Å². The minimum atomic E-state index is -4.52. The van der Waals surface area contributed by atoms with E-state index in [4.69, 9.17) is 9.47 Å². The molecule has 0 radical (unpaired) electrons. The Bertz CT molecular complexity index is 983. The first-order chi connectivity index (χ1) is 15.2. The first kappa shape index (κ1) is 22.3. The lowest BCUT2D eigenvalue weighted by Crippen LogP contribution is -2.39. The molecular weight excluding hydrogens is 425 g/mol. The van der Waals surface area contributed by atoms with Gasteiger partial charge in [0.05, 0.1) is 26.5 Å². The predicted molar refractivity (Wildman–Crippen MR) is 112 cm³/mol. The van der Waals surface area contributed by atoms with E-state index in [0.29, 0.717) is 36.1 Å². The number of amides is 1. The molecule has 3 heterocycles. The number of nitrogens with zero attached hydrogens (tertiary/aromatic N) is 3. The van der Waals surface area contributed by atoms with Gasteiger partial charge in [-0.1, -0.05) is 13.0 Å². The van der Waals surface area contributed by atoms with E-state index in [1.807, 2.05) is 0 Å². The van der Waals surface area contributed by atoms with Gasteiger partial charge in [0.15, 0.2) is 17.5 Å². The van der Waals surface area contributed by atoms with Crippen molar-refractivity contribution in [3.63, 3.8) is 0 Å². The third kappa shape index (κ3) is 4.10. The number of aromatic nitrogens is 2. The topological polar surface area (TPSA) is 68.6 Å². The number of fused-ring (bicyclic) bond motifs is 1. The molecule has 174 valence electrons. The summed E-state index contributed by atoms with van der Waals surface area (Å²) in [5.41, 5.74) is 0.772. The number of piperidine rings is 1. The van der Waals surface area contributed by atoms with Gasteiger partial charge in [-0.3, -0.25) is 4.79 Å². The largest absolute Gasteiger partial charge is 0.493 e. The van der Waals surface area contributed by atoms with Crippen LogP contribution in [-0.4, -0.2) is 54.1 Å². The molecule has 7 nitrogen and oxygen atoms in total. The highest BCUT2D eigenvalue weighted by Gasteiger charge is 2.47. The Labute approximate surface area is 184 Å². The summed E-state index contributed by atoms with van der Waals surface area (Å²) in [5, 5.41) is 7.10. The molecule has 2 unspecified atom stereocenters. The third-order valence-corrected chi connectivity index (χ3v) is 6.35. The molecule has 1 aromatic heterocycles. The number of anilines is 1. The zero-order valence-electron chi connectivity index (χ0n) is 18.3. The van der Waals surface area contributed by atoms with Gasteiger partial charge in [0, 0.05) is 19.5 Å². The smallest absolute Gasteiger partial charge is 0.410 e. The van der Waals surface area contributed by atoms with Gasteiger partial charge in [-0.15, -0.1) is 0 Å². The standard InChI is InChI=1S/C22H27F3N4O3/c1-13-6-8-28(9-7-13)21(30)15-12-26-29-19(22(23,24)25)11-16(27-20(15)29)14-4-5-17(31-2)18(10-14)32-3/h4-5,10,12-13,16,19,27H,6-9,11H2,1-3H3. The second-order valence-corrected chi connectivity index (χ2v) is 8.43. The fourth-order valence-corrected chi connectivity index (χ4v) is 4.39. The first-order valence-electron chi connectivity index (χ1n) is 10.6. The Balaban J connectivity index is 1.69. The molecule has 4 rings (SSSR count). The maximum atomic E-state index is 14.0. The summed E-state index contributed by atoms with van der Waals surface area (Å²) in [4.78, 5) is 14.8. The molecular formula is C22H27F3N4O3. The molecule has 32 heavy (non-hydrogen) atoms. The molecule has 1 saturated heterocycles. The lowest BCUT2D eigenvalue weighted by molar-refractivity contribution is -0.173. The van der Waals surface area contributed by atoms with Crippen LogP contribution in [0.5, 0.6) is 11.5 Å². The minimum absolute atomic E-state index is 0.0991. The van der Waals surface area contributed by atoms with Gasteiger partial charge < -0.3 is 19.7 Å². The highest BCUT2D eigenvalue weighted by Crippen LogP contribution is 2.45. The Hall–Kier alpha value is -2.91. The molecule has 0 aliphatic carbocycles. The van der Waals surface area contributed by atoms with Crippen molar-refractivity contribution >= 4 is 11.7 Å². The molecule has 2 aliphatic rings. The molecule has 0 bridgehead atoms. The van der Waals surface area contributed by atoms with Crippen LogP contribution in [0.4, 0.5) is 19.0 Å². The van der Waals surface area contributed by atoms with Gasteiger partial charge in [0.25, 0.3) is 5.91 Å². The van der Waals surface area contributed by atoms with Gasteiger partial charge in [-0.05, 0) is 36.5 Å². The SMILES string of the molecule is COc1ccc(C2CC(C(F)(F)F)n3ncc(C(=O)N4CCC(C)CC4)c3N2)cc1OC. The molecule has 10 heteroatoms. The van der Waals surface area contributed by atoms with Crippen LogP contribution in [0.1, 0.15) is 54.2 Å². The van der Waals surface area contributed by atoms with Crippen molar-refractivity contribution < 1.29 is 27.4 Å². The lowest BCUT2D eigenvalue weighted by atomic mass is 9.96. The molecule has 0 saturated carbocycles. The number of hydrogen-bond acceptors (Lipinski definition) is 5. The summed E-state index contributed by atoms with van der Waals surface area (Å²) in [7, 11) is 2.97. The zero-order valence-corrected chi connectivity index (χ0v) is 18.3. The van der Waals surface area contributed by atoms with Crippen LogP contribution in [0.25, 0.3) is 0 Å². The second-order valence-electron chi connectivity index (χ2n) is 8.43. The van der Waals surface area contributed by atoms with Crippen LogP contribution in [0.15, 0.2) is 24.4 Å². The Morgan fingerprint density at radius 1 is 1.16 bits per heavy atom. The number of halogens is 3. The number of ether oxygens (including phenoxy) is 2. The summed E-state index contributed by atoms with van der Waals surface area (Å²) in [5.74, 6) is 1.25. The van der Waals surface area contributed by atoms with Crippen LogP contribution in [0.3, 0.4) is 0 Å². The van der Waals surface area contributed by atoms with Crippen molar-refractivity contribution in [1.82, 2.24) is 14.7 Å². The Kier molecular flexibility index (Phi) is 5.96. The van der Waals surface area contributed by atoms with Crippen LogP contribution in [-0.2, 0) is 0 Å². The predicted octanol–water partition coefficient (Wildman–Crippen LogP) is 4.43. The molecule has 2 aromatic rings. The van der Waals surface area contributed by atoms with Crippen molar-refractivity contribution in [2.45, 2.75) is 44.4 Å². The van der Waals surface area contributed by atoms with Gasteiger partial charge in [0.1, 0.15) is 11.4 Å². The average Bonchev–Trinajstić information content (AvgIpc) is 3.21. The summed E-state index contributed by atoms with van der Waals surface area (Å²) >= 11 is 0. The number of carbonyl (C=O) groups excluding carboxylic acids is 1. The Morgan fingerprint density at radius 3 is 2.47 bits per heavy atom. The van der Waals surface area contributed by atoms with E-state index in [0.717, 1.165) is 17.5 Å².